The number of rotatable bonds is 9. The fourth-order valence-corrected chi connectivity index (χ4v) is 3.82. The lowest BCUT2D eigenvalue weighted by molar-refractivity contribution is -0.142. The summed E-state index contributed by atoms with van der Waals surface area (Å²) in [6.07, 6.45) is 0.862. The van der Waals surface area contributed by atoms with E-state index in [1.54, 1.807) is 30.3 Å². The third-order valence-electron chi connectivity index (χ3n) is 4.43. The van der Waals surface area contributed by atoms with Crippen LogP contribution in [-0.2, 0) is 24.2 Å². The van der Waals surface area contributed by atoms with Crippen molar-refractivity contribution in [3.05, 3.63) is 54.1 Å². The summed E-state index contributed by atoms with van der Waals surface area (Å²) in [5, 5.41) is 11.5. The number of benzene rings is 2. The predicted molar refractivity (Wildman–Crippen MR) is 110 cm³/mol. The van der Waals surface area contributed by atoms with E-state index in [1.807, 2.05) is 0 Å². The second-order valence-corrected chi connectivity index (χ2v) is 8.71. The minimum absolute atomic E-state index is 0.0794. The average molecular weight is 433 g/mol. The van der Waals surface area contributed by atoms with Crippen molar-refractivity contribution in [3.8, 4) is 11.1 Å². The van der Waals surface area contributed by atoms with Crippen LogP contribution in [0.15, 0.2) is 53.4 Å². The fourth-order valence-electron chi connectivity index (χ4n) is 2.91. The zero-order chi connectivity index (χ0) is 22.3. The number of nitrogens with one attached hydrogen (secondary N) is 1. The summed E-state index contributed by atoms with van der Waals surface area (Å²) in [5.41, 5.74) is 1.45. The number of ether oxygens (including phenoxy) is 1. The van der Waals surface area contributed by atoms with E-state index in [0.717, 1.165) is 6.26 Å². The molecule has 0 radical (unpaired) electrons. The Bertz CT molecular complexity index is 1030. The predicted octanol–water partition coefficient (Wildman–Crippen LogP) is 2.28. The van der Waals surface area contributed by atoms with Crippen LogP contribution >= 0.6 is 0 Å². The molecule has 0 aromatic heterocycles. The largest absolute Gasteiger partial charge is 0.481 e. The number of carbonyl (C=O) groups is 3. The van der Waals surface area contributed by atoms with Crippen molar-refractivity contribution < 1.29 is 32.6 Å². The lowest BCUT2D eigenvalue weighted by Gasteiger charge is -2.17. The first-order valence-corrected chi connectivity index (χ1v) is 11.0. The summed E-state index contributed by atoms with van der Waals surface area (Å²) in [6, 6.07) is 12.2. The van der Waals surface area contributed by atoms with E-state index in [9.17, 15) is 22.8 Å². The molecule has 2 aromatic carbocycles. The quantitative estimate of drug-likeness (QED) is 0.581. The minimum atomic E-state index is -3.42. The highest BCUT2D eigenvalue weighted by Gasteiger charge is 2.19. The maximum Gasteiger partial charge on any atom is 0.307 e. The molecule has 8 nitrogen and oxygen atoms in total. The molecule has 0 saturated heterocycles. The summed E-state index contributed by atoms with van der Waals surface area (Å²) in [6.45, 7) is 0. The molecule has 0 spiro atoms. The highest BCUT2D eigenvalue weighted by atomic mass is 32.2. The molecular formula is C21H23NO7S. The topological polar surface area (TPSA) is 127 Å². The van der Waals surface area contributed by atoms with E-state index < -0.39 is 33.7 Å². The monoisotopic (exact) mass is 433 g/mol. The molecule has 2 rings (SSSR count). The number of hydrogen-bond donors (Lipinski definition) is 2. The van der Waals surface area contributed by atoms with Crippen LogP contribution in [0, 0.1) is 0 Å². The van der Waals surface area contributed by atoms with Gasteiger partial charge in [0.25, 0.3) is 5.91 Å². The lowest BCUT2D eigenvalue weighted by atomic mass is 10.0. The molecule has 1 unspecified atom stereocenters. The molecule has 30 heavy (non-hydrogen) atoms. The van der Waals surface area contributed by atoms with Gasteiger partial charge < -0.3 is 15.2 Å². The molecule has 0 bridgehead atoms. The van der Waals surface area contributed by atoms with Crippen LogP contribution in [0.1, 0.15) is 29.6 Å². The van der Waals surface area contributed by atoms with Gasteiger partial charge in [0.2, 0.25) is 0 Å². The van der Waals surface area contributed by atoms with Gasteiger partial charge in [-0.15, -0.1) is 0 Å². The van der Waals surface area contributed by atoms with Gasteiger partial charge in [0.15, 0.2) is 9.84 Å². The first-order valence-electron chi connectivity index (χ1n) is 9.11. The SMILES string of the molecule is COC(=O)CC(CCC(=O)O)NC(=O)c1ccc(-c2ccccc2S(C)(=O)=O)cc1. The number of carboxylic acid groups (broad SMARTS) is 1. The van der Waals surface area contributed by atoms with Gasteiger partial charge in [0.05, 0.1) is 18.4 Å². The third kappa shape index (κ3) is 6.41. The molecule has 0 aliphatic rings. The highest BCUT2D eigenvalue weighted by Crippen LogP contribution is 2.27. The average Bonchev–Trinajstić information content (AvgIpc) is 2.71. The molecule has 0 fully saturated rings. The Labute approximate surface area is 174 Å². The van der Waals surface area contributed by atoms with E-state index in [2.05, 4.69) is 10.1 Å². The van der Waals surface area contributed by atoms with Gasteiger partial charge in [-0.05, 0) is 30.2 Å². The van der Waals surface area contributed by atoms with Gasteiger partial charge in [-0.3, -0.25) is 14.4 Å². The standard InChI is InChI=1S/C21H23NO7S/c1-29-20(25)13-16(11-12-19(23)24)22-21(26)15-9-7-14(8-10-15)17-5-3-4-6-18(17)30(2,27)28/h3-10,16H,11-13H2,1-2H3,(H,22,26)(H,23,24). The first-order chi connectivity index (χ1) is 14.1. The number of aliphatic carboxylic acids is 1. The van der Waals surface area contributed by atoms with Crippen LogP contribution in [0.3, 0.4) is 0 Å². The Morgan fingerprint density at radius 2 is 1.70 bits per heavy atom. The normalized spacial score (nSPS) is 12.1. The van der Waals surface area contributed by atoms with Crippen LogP contribution in [0.5, 0.6) is 0 Å². The second-order valence-electron chi connectivity index (χ2n) is 6.73. The fraction of sp³-hybridized carbons (Fsp3) is 0.286. The molecular weight excluding hydrogens is 410 g/mol. The zero-order valence-electron chi connectivity index (χ0n) is 16.6. The van der Waals surface area contributed by atoms with E-state index in [1.165, 1.54) is 25.3 Å². The van der Waals surface area contributed by atoms with Gasteiger partial charge >= 0.3 is 11.9 Å². The van der Waals surface area contributed by atoms with Gasteiger partial charge in [-0.2, -0.15) is 0 Å². The van der Waals surface area contributed by atoms with Crippen LogP contribution in [-0.4, -0.2) is 50.8 Å². The Balaban J connectivity index is 2.20. The molecule has 2 N–H and O–H groups in total. The van der Waals surface area contributed by atoms with Gasteiger partial charge in [0.1, 0.15) is 0 Å². The number of hydrogen-bond acceptors (Lipinski definition) is 6. The van der Waals surface area contributed by atoms with Crippen LogP contribution in [0.2, 0.25) is 0 Å². The van der Waals surface area contributed by atoms with E-state index >= 15 is 0 Å². The van der Waals surface area contributed by atoms with Crippen molar-refractivity contribution in [2.45, 2.75) is 30.2 Å². The van der Waals surface area contributed by atoms with Crippen molar-refractivity contribution in [2.24, 2.45) is 0 Å². The Morgan fingerprint density at radius 3 is 2.27 bits per heavy atom. The molecule has 0 saturated carbocycles. The zero-order valence-corrected chi connectivity index (χ0v) is 17.4. The van der Waals surface area contributed by atoms with Crippen molar-refractivity contribution >= 4 is 27.7 Å². The Hall–Kier alpha value is -3.20. The summed E-state index contributed by atoms with van der Waals surface area (Å²) < 4.78 is 28.6. The number of esters is 1. The van der Waals surface area contributed by atoms with Crippen molar-refractivity contribution in [2.75, 3.05) is 13.4 Å². The van der Waals surface area contributed by atoms with Crippen molar-refractivity contribution in [1.29, 1.82) is 0 Å². The molecule has 1 atom stereocenters. The minimum Gasteiger partial charge on any atom is -0.481 e. The molecule has 0 heterocycles. The van der Waals surface area contributed by atoms with Crippen LogP contribution in [0.25, 0.3) is 11.1 Å². The van der Waals surface area contributed by atoms with E-state index in [-0.39, 0.29) is 24.2 Å². The molecule has 0 aliphatic heterocycles. The number of methoxy groups -OCH3 is 1. The number of sulfone groups is 1. The third-order valence-corrected chi connectivity index (χ3v) is 5.58. The van der Waals surface area contributed by atoms with E-state index in [0.29, 0.717) is 16.7 Å². The van der Waals surface area contributed by atoms with E-state index in [4.69, 9.17) is 5.11 Å². The van der Waals surface area contributed by atoms with Crippen molar-refractivity contribution in [1.82, 2.24) is 5.32 Å². The summed E-state index contributed by atoms with van der Waals surface area (Å²) in [5.74, 6) is -2.07. The second kappa shape index (κ2) is 10.0. The molecule has 1 amide bonds. The van der Waals surface area contributed by atoms with Crippen molar-refractivity contribution in [3.63, 3.8) is 0 Å². The molecule has 160 valence electrons. The molecule has 9 heteroatoms. The smallest absolute Gasteiger partial charge is 0.307 e. The number of carboxylic acids is 1. The van der Waals surface area contributed by atoms with Gasteiger partial charge in [-0.25, -0.2) is 8.42 Å². The maximum atomic E-state index is 12.5. The Kier molecular flexibility index (Phi) is 7.71. The van der Waals surface area contributed by atoms with Gasteiger partial charge in [0, 0.05) is 29.8 Å². The summed E-state index contributed by atoms with van der Waals surface area (Å²) in [4.78, 5) is 35.1. The molecule has 2 aromatic rings. The number of carbonyl (C=O) groups excluding carboxylic acids is 2. The number of amides is 1. The van der Waals surface area contributed by atoms with Crippen LogP contribution < -0.4 is 5.32 Å². The van der Waals surface area contributed by atoms with Crippen LogP contribution in [0.4, 0.5) is 0 Å². The summed E-state index contributed by atoms with van der Waals surface area (Å²) in [7, 11) is -2.21. The highest BCUT2D eigenvalue weighted by molar-refractivity contribution is 7.90. The molecule has 0 aliphatic carbocycles. The van der Waals surface area contributed by atoms with Gasteiger partial charge in [-0.1, -0.05) is 30.3 Å². The maximum absolute atomic E-state index is 12.5. The first kappa shape index (κ1) is 23.1. The lowest BCUT2D eigenvalue weighted by Crippen LogP contribution is -2.37. The Morgan fingerprint density at radius 1 is 1.07 bits per heavy atom. The summed E-state index contributed by atoms with van der Waals surface area (Å²) >= 11 is 0.